The maximum absolute atomic E-state index is 12.3. The molecule has 0 aliphatic heterocycles. The first-order valence-electron chi connectivity index (χ1n) is 8.09. The average molecular weight is 338 g/mol. The van der Waals surface area contributed by atoms with E-state index in [0.29, 0.717) is 6.42 Å². The van der Waals surface area contributed by atoms with Gasteiger partial charge in [0.05, 0.1) is 12.0 Å². The fraction of sp³-hybridized carbons (Fsp3) is 0.263. The van der Waals surface area contributed by atoms with Crippen LogP contribution in [0.4, 0.5) is 0 Å². The number of hydrogen-bond donors (Lipinski definition) is 0. The van der Waals surface area contributed by atoms with Crippen molar-refractivity contribution in [1.82, 2.24) is 4.57 Å². The maximum atomic E-state index is 12.3. The summed E-state index contributed by atoms with van der Waals surface area (Å²) in [5.41, 5.74) is 3.44. The largest absolute Gasteiger partial charge is 0.469 e. The predicted molar refractivity (Wildman–Crippen MR) is 93.7 cm³/mol. The van der Waals surface area contributed by atoms with Crippen LogP contribution in [0.15, 0.2) is 52.1 Å². The van der Waals surface area contributed by atoms with Crippen LogP contribution in [0.5, 0.6) is 0 Å². The quantitative estimate of drug-likeness (QED) is 0.734. The molecule has 0 unspecified atom stereocenters. The minimum atomic E-state index is -0.0690. The third-order valence-electron chi connectivity index (χ3n) is 4.37. The van der Waals surface area contributed by atoms with Gasteiger partial charge in [-0.1, -0.05) is 30.3 Å². The molecular weight excluding hydrogens is 320 g/mol. The zero-order chi connectivity index (χ0) is 16.5. The lowest BCUT2D eigenvalue weighted by Gasteiger charge is -2.11. The fourth-order valence-electron chi connectivity index (χ4n) is 3.14. The van der Waals surface area contributed by atoms with Crippen LogP contribution in [0.25, 0.3) is 11.3 Å². The summed E-state index contributed by atoms with van der Waals surface area (Å²) in [7, 11) is 1.97. The number of rotatable bonds is 3. The third kappa shape index (κ3) is 2.76. The summed E-state index contributed by atoms with van der Waals surface area (Å²) in [5.74, 6) is 0.957. The van der Waals surface area contributed by atoms with Crippen molar-refractivity contribution in [3.8, 4) is 11.3 Å². The van der Waals surface area contributed by atoms with Gasteiger partial charge in [0.1, 0.15) is 5.76 Å². The molecule has 24 heavy (non-hydrogen) atoms. The van der Waals surface area contributed by atoms with Crippen molar-refractivity contribution >= 4 is 17.2 Å². The zero-order valence-electron chi connectivity index (χ0n) is 13.5. The van der Waals surface area contributed by atoms with Crippen molar-refractivity contribution in [2.45, 2.75) is 25.7 Å². The smallest absolute Gasteiger partial charge is 0.248 e. The molecule has 2 aromatic heterocycles. The molecule has 0 spiro atoms. The average Bonchev–Trinajstić information content (AvgIpc) is 3.19. The first kappa shape index (κ1) is 15.1. The van der Waals surface area contributed by atoms with Crippen molar-refractivity contribution in [3.05, 3.63) is 63.7 Å². The molecule has 0 saturated carbocycles. The Labute approximate surface area is 144 Å². The van der Waals surface area contributed by atoms with Gasteiger partial charge in [0.25, 0.3) is 0 Å². The molecule has 0 atom stereocenters. The standard InChI is InChI=1S/C19H18N2O2S/c1-21-18-14-11-12-23-15(14)8-9-16(18)24-19(21)20-17(22)10-7-13-5-3-2-4-6-13/h2-6,11-12H,7-10H2,1H3. The Bertz CT molecular complexity index is 947. The highest BCUT2D eigenvalue weighted by Gasteiger charge is 2.23. The predicted octanol–water partition coefficient (Wildman–Crippen LogP) is 3.51. The van der Waals surface area contributed by atoms with Gasteiger partial charge in [-0.25, -0.2) is 0 Å². The van der Waals surface area contributed by atoms with Gasteiger partial charge >= 0.3 is 0 Å². The van der Waals surface area contributed by atoms with Gasteiger partial charge in [0.15, 0.2) is 4.80 Å². The molecule has 2 heterocycles. The van der Waals surface area contributed by atoms with E-state index in [2.05, 4.69) is 4.99 Å². The summed E-state index contributed by atoms with van der Waals surface area (Å²) in [6, 6.07) is 12.0. The second kappa shape index (κ2) is 6.24. The number of aryl methyl sites for hydroxylation is 3. The Kier molecular flexibility index (Phi) is 3.94. The van der Waals surface area contributed by atoms with Crippen molar-refractivity contribution in [2.24, 2.45) is 12.0 Å². The summed E-state index contributed by atoms with van der Waals surface area (Å²) in [4.78, 5) is 18.7. The molecule has 0 saturated heterocycles. The van der Waals surface area contributed by atoms with E-state index < -0.39 is 0 Å². The molecule has 1 aliphatic carbocycles. The number of carbonyl (C=O) groups excluding carboxylic acids is 1. The van der Waals surface area contributed by atoms with Crippen molar-refractivity contribution < 1.29 is 9.21 Å². The summed E-state index contributed by atoms with van der Waals surface area (Å²) >= 11 is 1.61. The lowest BCUT2D eigenvalue weighted by Crippen LogP contribution is -2.15. The molecule has 0 fully saturated rings. The van der Waals surface area contributed by atoms with Gasteiger partial charge < -0.3 is 8.98 Å². The van der Waals surface area contributed by atoms with Gasteiger partial charge in [-0.2, -0.15) is 4.99 Å². The van der Waals surface area contributed by atoms with Crippen LogP contribution in [-0.4, -0.2) is 10.5 Å². The normalized spacial score (nSPS) is 13.6. The lowest BCUT2D eigenvalue weighted by atomic mass is 10.0. The Morgan fingerprint density at radius 3 is 2.92 bits per heavy atom. The fourth-order valence-corrected chi connectivity index (χ4v) is 4.28. The van der Waals surface area contributed by atoms with Crippen molar-refractivity contribution in [2.75, 3.05) is 0 Å². The molecule has 3 aromatic rings. The molecule has 4 rings (SSSR count). The monoisotopic (exact) mass is 338 g/mol. The SMILES string of the molecule is Cn1c2c(sc1=NC(=O)CCc1ccccc1)CCc1occc1-2. The zero-order valence-corrected chi connectivity index (χ0v) is 14.3. The van der Waals surface area contributed by atoms with Gasteiger partial charge in [-0.15, -0.1) is 11.3 Å². The van der Waals surface area contributed by atoms with Crippen LogP contribution in [0.3, 0.4) is 0 Å². The van der Waals surface area contributed by atoms with Gasteiger partial charge in [-0.05, 0) is 24.5 Å². The Morgan fingerprint density at radius 1 is 1.25 bits per heavy atom. The van der Waals surface area contributed by atoms with E-state index >= 15 is 0 Å². The molecule has 0 radical (unpaired) electrons. The first-order valence-corrected chi connectivity index (χ1v) is 8.91. The van der Waals surface area contributed by atoms with Gasteiger partial charge in [0, 0.05) is 30.3 Å². The lowest BCUT2D eigenvalue weighted by molar-refractivity contribution is -0.118. The number of hydrogen-bond acceptors (Lipinski definition) is 3. The number of thiazole rings is 1. The number of fused-ring (bicyclic) bond motifs is 3. The van der Waals surface area contributed by atoms with Gasteiger partial charge in [0.2, 0.25) is 5.91 Å². The topological polar surface area (TPSA) is 47.5 Å². The van der Waals surface area contributed by atoms with E-state index in [0.717, 1.165) is 41.1 Å². The Hall–Kier alpha value is -2.40. The highest BCUT2D eigenvalue weighted by atomic mass is 32.1. The Balaban J connectivity index is 1.59. The minimum Gasteiger partial charge on any atom is -0.469 e. The summed E-state index contributed by atoms with van der Waals surface area (Å²) in [6.07, 6.45) is 4.76. The molecule has 1 aromatic carbocycles. The van der Waals surface area contributed by atoms with E-state index in [9.17, 15) is 4.79 Å². The van der Waals surface area contributed by atoms with Crippen LogP contribution in [-0.2, 0) is 31.1 Å². The molecule has 122 valence electrons. The van der Waals surface area contributed by atoms with Crippen molar-refractivity contribution in [3.63, 3.8) is 0 Å². The maximum Gasteiger partial charge on any atom is 0.248 e. The highest BCUT2D eigenvalue weighted by Crippen LogP contribution is 2.35. The number of benzene rings is 1. The van der Waals surface area contributed by atoms with E-state index in [-0.39, 0.29) is 5.91 Å². The van der Waals surface area contributed by atoms with Gasteiger partial charge in [-0.3, -0.25) is 4.79 Å². The molecule has 1 amide bonds. The second-order valence-corrected chi connectivity index (χ2v) is 7.03. The number of furan rings is 1. The molecule has 0 bridgehead atoms. The van der Waals surface area contributed by atoms with E-state index in [4.69, 9.17) is 4.42 Å². The highest BCUT2D eigenvalue weighted by molar-refractivity contribution is 7.09. The molecular formula is C19H18N2O2S. The van der Waals surface area contributed by atoms with Crippen LogP contribution in [0.1, 0.15) is 22.6 Å². The minimum absolute atomic E-state index is 0.0690. The van der Waals surface area contributed by atoms with E-state index in [1.165, 1.54) is 10.4 Å². The summed E-state index contributed by atoms with van der Waals surface area (Å²) in [6.45, 7) is 0. The first-order chi connectivity index (χ1) is 11.7. The van der Waals surface area contributed by atoms with Crippen molar-refractivity contribution in [1.29, 1.82) is 0 Å². The molecule has 4 nitrogen and oxygen atoms in total. The Morgan fingerprint density at radius 2 is 2.08 bits per heavy atom. The van der Waals surface area contributed by atoms with Crippen LogP contribution >= 0.6 is 11.3 Å². The van der Waals surface area contributed by atoms with E-state index in [1.54, 1.807) is 17.6 Å². The molecule has 5 heteroatoms. The van der Waals surface area contributed by atoms with Crippen LogP contribution in [0, 0.1) is 0 Å². The number of nitrogens with zero attached hydrogens (tertiary/aromatic N) is 2. The molecule has 0 N–H and O–H groups in total. The number of carbonyl (C=O) groups is 1. The molecule has 1 aliphatic rings. The summed E-state index contributed by atoms with van der Waals surface area (Å²) < 4.78 is 7.56. The van der Waals surface area contributed by atoms with Crippen LogP contribution in [0.2, 0.25) is 0 Å². The van der Waals surface area contributed by atoms with Crippen LogP contribution < -0.4 is 4.80 Å². The summed E-state index contributed by atoms with van der Waals surface area (Å²) in [5, 5.41) is 0. The second-order valence-electron chi connectivity index (χ2n) is 5.96. The third-order valence-corrected chi connectivity index (χ3v) is 5.56. The van der Waals surface area contributed by atoms with E-state index in [1.807, 2.05) is 48.0 Å². The number of amides is 1. The number of aromatic nitrogens is 1.